The van der Waals surface area contributed by atoms with E-state index >= 15 is 0 Å². The topological polar surface area (TPSA) is 115 Å². The molecule has 11 heteroatoms. The first-order valence-corrected chi connectivity index (χ1v) is 14.2. The molecule has 2 heterocycles. The Balaban J connectivity index is 1.39. The molecule has 44 heavy (non-hydrogen) atoms. The highest BCUT2D eigenvalue weighted by Gasteiger charge is 2.50. The van der Waals surface area contributed by atoms with Crippen molar-refractivity contribution in [3.8, 4) is 5.75 Å². The predicted molar refractivity (Wildman–Crippen MR) is 156 cm³/mol. The third-order valence-corrected chi connectivity index (χ3v) is 8.16. The van der Waals surface area contributed by atoms with Gasteiger partial charge in [0, 0.05) is 47.4 Å². The van der Waals surface area contributed by atoms with Gasteiger partial charge in [-0.25, -0.2) is 0 Å². The Morgan fingerprint density at radius 3 is 2.45 bits per heavy atom. The number of aliphatic hydroxyl groups is 2. The lowest BCUT2D eigenvalue weighted by Crippen LogP contribution is -2.56. The number of aromatic amines is 1. The smallest absolute Gasteiger partial charge is 0.416 e. The molecule has 4 atom stereocenters. The van der Waals surface area contributed by atoms with Crippen molar-refractivity contribution in [2.75, 3.05) is 19.7 Å². The van der Waals surface area contributed by atoms with Gasteiger partial charge in [-0.3, -0.25) is 9.59 Å². The number of benzene rings is 3. The third kappa shape index (κ3) is 5.56. The molecule has 0 bridgehead atoms. The van der Waals surface area contributed by atoms with E-state index in [1.807, 2.05) is 30.3 Å². The van der Waals surface area contributed by atoms with E-state index < -0.39 is 47.7 Å². The van der Waals surface area contributed by atoms with Gasteiger partial charge in [0.05, 0.1) is 24.1 Å². The summed E-state index contributed by atoms with van der Waals surface area (Å²) in [7, 11) is 0. The number of rotatable bonds is 8. The van der Waals surface area contributed by atoms with Crippen LogP contribution in [0.1, 0.15) is 33.1 Å². The Bertz CT molecular complexity index is 1680. The summed E-state index contributed by atoms with van der Waals surface area (Å²) in [6, 6.07) is 19.6. The van der Waals surface area contributed by atoms with Crippen molar-refractivity contribution in [2.24, 2.45) is 0 Å². The van der Waals surface area contributed by atoms with Gasteiger partial charge >= 0.3 is 6.18 Å². The SMILES string of the molecule is O=C(NCCO)C1=CC(N(CCc2cc3ccccc3[nH]2)C(=O)c2ccc(C(F)(F)F)cc2)C(O)C2Oc3ccccc3C12. The molecule has 0 spiro atoms. The zero-order chi connectivity index (χ0) is 31.0. The maximum Gasteiger partial charge on any atom is 0.416 e. The van der Waals surface area contributed by atoms with Crippen LogP contribution in [0, 0.1) is 0 Å². The van der Waals surface area contributed by atoms with Crippen LogP contribution >= 0.6 is 0 Å². The molecule has 0 fully saturated rings. The maximum atomic E-state index is 14.0. The van der Waals surface area contributed by atoms with E-state index in [2.05, 4.69) is 10.3 Å². The van der Waals surface area contributed by atoms with Gasteiger partial charge in [0.15, 0.2) is 0 Å². The molecule has 1 aliphatic heterocycles. The van der Waals surface area contributed by atoms with Gasteiger partial charge in [0.25, 0.3) is 5.91 Å². The first kappa shape index (κ1) is 29.5. The maximum absolute atomic E-state index is 14.0. The van der Waals surface area contributed by atoms with Gasteiger partial charge < -0.3 is 30.2 Å². The average Bonchev–Trinajstić information content (AvgIpc) is 3.62. The minimum Gasteiger partial charge on any atom is -0.486 e. The first-order valence-electron chi connectivity index (χ1n) is 14.2. The number of nitrogens with one attached hydrogen (secondary N) is 2. The number of aliphatic hydroxyl groups excluding tert-OH is 2. The summed E-state index contributed by atoms with van der Waals surface area (Å²) in [5, 5.41) is 24.7. The van der Waals surface area contributed by atoms with E-state index in [0.717, 1.165) is 40.9 Å². The number of para-hydroxylation sites is 2. The number of amides is 2. The Kier molecular flexibility index (Phi) is 7.91. The van der Waals surface area contributed by atoms with Crippen LogP contribution in [-0.2, 0) is 17.4 Å². The van der Waals surface area contributed by atoms with Gasteiger partial charge in [-0.2, -0.15) is 13.2 Å². The van der Waals surface area contributed by atoms with Crippen molar-refractivity contribution < 1.29 is 37.7 Å². The van der Waals surface area contributed by atoms with E-state index in [1.54, 1.807) is 24.3 Å². The molecule has 8 nitrogen and oxygen atoms in total. The molecule has 1 aromatic heterocycles. The second-order valence-electron chi connectivity index (χ2n) is 10.9. The summed E-state index contributed by atoms with van der Waals surface area (Å²) in [4.78, 5) is 32.1. The molecule has 6 rings (SSSR count). The summed E-state index contributed by atoms with van der Waals surface area (Å²) in [6.45, 7) is -0.214. The third-order valence-electron chi connectivity index (χ3n) is 8.16. The standard InChI is InChI=1S/C33H30F3N3O5/c34-33(35,36)21-11-9-19(10-12-21)32(43)39(15-13-22-17-20-5-1-3-7-25(20)38-22)26-18-24(31(42)37-14-16-40)28-23-6-2-4-8-27(23)44-30(28)29(26)41/h1-12,17-18,26,28-30,38,40-41H,13-16H2,(H,37,42). The van der Waals surface area contributed by atoms with E-state index in [-0.39, 0.29) is 30.8 Å². The van der Waals surface area contributed by atoms with Gasteiger partial charge in [0.1, 0.15) is 18.0 Å². The molecule has 4 N–H and O–H groups in total. The summed E-state index contributed by atoms with van der Waals surface area (Å²) < 4.78 is 45.9. The Morgan fingerprint density at radius 2 is 1.73 bits per heavy atom. The number of carbonyl (C=O) groups is 2. The lowest BCUT2D eigenvalue weighted by atomic mass is 9.77. The molecule has 2 aliphatic rings. The van der Waals surface area contributed by atoms with E-state index in [4.69, 9.17) is 4.74 Å². The molecule has 0 saturated carbocycles. The lowest BCUT2D eigenvalue weighted by Gasteiger charge is -2.40. The fraction of sp³-hybridized carbons (Fsp3) is 0.273. The van der Waals surface area contributed by atoms with Crippen LogP contribution in [0.5, 0.6) is 5.75 Å². The minimum atomic E-state index is -4.57. The number of halogens is 3. The highest BCUT2D eigenvalue weighted by molar-refractivity contribution is 5.97. The van der Waals surface area contributed by atoms with Crippen molar-refractivity contribution in [3.05, 3.63) is 113 Å². The highest BCUT2D eigenvalue weighted by atomic mass is 19.4. The molecular weight excluding hydrogens is 575 g/mol. The highest BCUT2D eigenvalue weighted by Crippen LogP contribution is 2.47. The second kappa shape index (κ2) is 11.8. The van der Waals surface area contributed by atoms with Crippen LogP contribution in [0.4, 0.5) is 13.2 Å². The van der Waals surface area contributed by atoms with Crippen molar-refractivity contribution in [2.45, 2.75) is 36.8 Å². The molecule has 4 aromatic rings. The number of hydrogen-bond acceptors (Lipinski definition) is 5. The zero-order valence-corrected chi connectivity index (χ0v) is 23.4. The van der Waals surface area contributed by atoms with Crippen LogP contribution in [0.3, 0.4) is 0 Å². The second-order valence-corrected chi connectivity index (χ2v) is 10.9. The van der Waals surface area contributed by atoms with E-state index in [1.165, 1.54) is 11.0 Å². The number of alkyl halides is 3. The quantitative estimate of drug-likeness (QED) is 0.241. The monoisotopic (exact) mass is 605 g/mol. The number of ether oxygens (including phenoxy) is 1. The van der Waals surface area contributed by atoms with E-state index in [0.29, 0.717) is 17.7 Å². The summed E-state index contributed by atoms with van der Waals surface area (Å²) in [5.74, 6) is -1.22. The summed E-state index contributed by atoms with van der Waals surface area (Å²) >= 11 is 0. The molecule has 4 unspecified atom stereocenters. The number of fused-ring (bicyclic) bond motifs is 4. The molecular formula is C33H30F3N3O5. The zero-order valence-electron chi connectivity index (χ0n) is 23.4. The summed E-state index contributed by atoms with van der Waals surface area (Å²) in [5.41, 5.74) is 1.80. The average molecular weight is 606 g/mol. The lowest BCUT2D eigenvalue weighted by molar-refractivity contribution is -0.137. The van der Waals surface area contributed by atoms with Crippen molar-refractivity contribution >= 4 is 22.7 Å². The number of carbonyl (C=O) groups excluding carboxylic acids is 2. The van der Waals surface area contributed by atoms with Gasteiger partial charge in [-0.1, -0.05) is 36.4 Å². The number of H-pyrrole nitrogens is 1. The number of hydrogen-bond donors (Lipinski definition) is 4. The van der Waals surface area contributed by atoms with Crippen LogP contribution in [0.2, 0.25) is 0 Å². The van der Waals surface area contributed by atoms with Crippen LogP contribution in [-0.4, -0.2) is 69.9 Å². The van der Waals surface area contributed by atoms with E-state index in [9.17, 15) is 33.0 Å². The largest absolute Gasteiger partial charge is 0.486 e. The number of aromatic nitrogens is 1. The fourth-order valence-corrected chi connectivity index (χ4v) is 6.05. The van der Waals surface area contributed by atoms with Crippen LogP contribution < -0.4 is 10.1 Å². The van der Waals surface area contributed by atoms with Gasteiger partial charge in [-0.05, 0) is 53.9 Å². The van der Waals surface area contributed by atoms with Crippen molar-refractivity contribution in [1.29, 1.82) is 0 Å². The molecule has 0 saturated heterocycles. The molecule has 3 aromatic carbocycles. The summed E-state index contributed by atoms with van der Waals surface area (Å²) in [6.07, 6.45) is -4.88. The Morgan fingerprint density at radius 1 is 1.00 bits per heavy atom. The van der Waals surface area contributed by atoms with Gasteiger partial charge in [0.2, 0.25) is 5.91 Å². The first-order chi connectivity index (χ1) is 21.2. The number of nitrogens with zero attached hydrogens (tertiary/aromatic N) is 1. The molecule has 228 valence electrons. The van der Waals surface area contributed by atoms with Crippen molar-refractivity contribution in [3.63, 3.8) is 0 Å². The normalized spacial score (nSPS) is 20.8. The van der Waals surface area contributed by atoms with Gasteiger partial charge in [-0.15, -0.1) is 0 Å². The Labute approximate surface area is 250 Å². The van der Waals surface area contributed by atoms with Crippen molar-refractivity contribution in [1.82, 2.24) is 15.2 Å². The minimum absolute atomic E-state index is 0.000668. The predicted octanol–water partition coefficient (Wildman–Crippen LogP) is 4.19. The van der Waals surface area contributed by atoms with Crippen LogP contribution in [0.25, 0.3) is 10.9 Å². The Hall–Kier alpha value is -4.61. The van der Waals surface area contributed by atoms with Crippen LogP contribution in [0.15, 0.2) is 90.5 Å². The molecule has 2 amide bonds. The molecule has 1 aliphatic carbocycles. The molecule has 0 radical (unpaired) electrons. The fourth-order valence-electron chi connectivity index (χ4n) is 6.05.